The van der Waals surface area contributed by atoms with Gasteiger partial charge in [-0.2, -0.15) is 13.2 Å². The largest absolute Gasteiger partial charge is 0.446 e. The molecule has 0 aliphatic rings. The van der Waals surface area contributed by atoms with Crippen molar-refractivity contribution in [3.05, 3.63) is 46.6 Å². The summed E-state index contributed by atoms with van der Waals surface area (Å²) in [5, 5.41) is 6.35. The second kappa shape index (κ2) is 6.78. The van der Waals surface area contributed by atoms with Crippen molar-refractivity contribution >= 4 is 50.7 Å². The Bertz CT molecular complexity index is 849. The maximum Gasteiger partial charge on any atom is 0.446 e. The summed E-state index contributed by atoms with van der Waals surface area (Å²) < 4.78 is 37.1. The predicted octanol–water partition coefficient (Wildman–Crippen LogP) is 6.13. The van der Waals surface area contributed by atoms with Crippen molar-refractivity contribution in [2.45, 2.75) is 23.4 Å². The third kappa shape index (κ3) is 3.93. The van der Waals surface area contributed by atoms with Crippen molar-refractivity contribution in [1.82, 2.24) is 9.97 Å². The van der Waals surface area contributed by atoms with Crippen LogP contribution < -0.4 is 5.32 Å². The third-order valence-corrected chi connectivity index (χ3v) is 5.35. The van der Waals surface area contributed by atoms with E-state index in [0.717, 1.165) is 15.8 Å². The molecule has 3 nitrogen and oxygen atoms in total. The minimum Gasteiger partial charge on any atom is -0.363 e. The minimum absolute atomic E-state index is 0.127. The van der Waals surface area contributed by atoms with Crippen molar-refractivity contribution in [3.63, 3.8) is 0 Å². The first kappa shape index (κ1) is 17.3. The standard InChI is InChI=1S/C15H11ClF3N3S2/c1-8(9-2-4-10(5-3-9)24-15(17,18)19)22-13-12-11(16)6-23-14(12)21-7-20-13/h2-8H,1H3,(H,20,21,22). The number of nitrogens with zero attached hydrogens (tertiary/aromatic N) is 2. The molecule has 0 aliphatic carbocycles. The second-order valence-corrected chi connectivity index (χ2v) is 7.37. The fraction of sp³-hybridized carbons (Fsp3) is 0.200. The van der Waals surface area contributed by atoms with Gasteiger partial charge in [0, 0.05) is 16.3 Å². The van der Waals surface area contributed by atoms with Crippen LogP contribution in [0.3, 0.4) is 0 Å². The van der Waals surface area contributed by atoms with Gasteiger partial charge in [-0.15, -0.1) is 11.3 Å². The average Bonchev–Trinajstić information content (AvgIpc) is 2.89. The van der Waals surface area contributed by atoms with Gasteiger partial charge in [-0.05, 0) is 36.4 Å². The molecular weight excluding hydrogens is 379 g/mol. The monoisotopic (exact) mass is 389 g/mol. The van der Waals surface area contributed by atoms with Crippen LogP contribution in [0, 0.1) is 0 Å². The topological polar surface area (TPSA) is 37.8 Å². The Labute approximate surface area is 149 Å². The molecule has 3 aromatic rings. The molecule has 0 radical (unpaired) electrons. The zero-order chi connectivity index (χ0) is 17.3. The van der Waals surface area contributed by atoms with Crippen molar-refractivity contribution in [3.8, 4) is 0 Å². The van der Waals surface area contributed by atoms with E-state index in [9.17, 15) is 13.2 Å². The summed E-state index contributed by atoms with van der Waals surface area (Å²) in [4.78, 5) is 9.32. The van der Waals surface area contributed by atoms with E-state index in [1.54, 1.807) is 17.5 Å². The highest BCUT2D eigenvalue weighted by atomic mass is 35.5. The summed E-state index contributed by atoms with van der Waals surface area (Å²) in [7, 11) is 0. The molecule has 0 amide bonds. The first-order valence-electron chi connectivity index (χ1n) is 6.83. The van der Waals surface area contributed by atoms with Crippen molar-refractivity contribution in [2.24, 2.45) is 0 Å². The molecule has 2 heterocycles. The van der Waals surface area contributed by atoms with Gasteiger partial charge >= 0.3 is 5.51 Å². The molecule has 1 aromatic carbocycles. The molecule has 24 heavy (non-hydrogen) atoms. The fourth-order valence-corrected chi connectivity index (χ4v) is 3.87. The van der Waals surface area contributed by atoms with Crippen LogP contribution in [0.5, 0.6) is 0 Å². The Balaban J connectivity index is 1.79. The number of thiophene rings is 1. The van der Waals surface area contributed by atoms with Crippen LogP contribution in [0.15, 0.2) is 40.9 Å². The van der Waals surface area contributed by atoms with Crippen molar-refractivity contribution in [2.75, 3.05) is 5.32 Å². The van der Waals surface area contributed by atoms with E-state index in [1.165, 1.54) is 29.8 Å². The van der Waals surface area contributed by atoms with Crippen molar-refractivity contribution < 1.29 is 13.2 Å². The summed E-state index contributed by atoms with van der Waals surface area (Å²) in [5.74, 6) is 0.604. The van der Waals surface area contributed by atoms with Gasteiger partial charge in [0.2, 0.25) is 0 Å². The lowest BCUT2D eigenvalue weighted by atomic mass is 10.1. The fourth-order valence-electron chi connectivity index (χ4n) is 2.20. The molecule has 0 saturated carbocycles. The minimum atomic E-state index is -4.28. The number of alkyl halides is 3. The summed E-state index contributed by atoms with van der Waals surface area (Å²) in [6.45, 7) is 1.90. The molecule has 9 heteroatoms. The number of hydrogen-bond acceptors (Lipinski definition) is 5. The molecule has 0 bridgehead atoms. The van der Waals surface area contributed by atoms with Gasteiger partial charge in [0.05, 0.1) is 10.4 Å². The SMILES string of the molecule is CC(Nc1ncnc2scc(Cl)c12)c1ccc(SC(F)(F)F)cc1. The number of halogens is 4. The normalized spacial score (nSPS) is 13.2. The van der Waals surface area contributed by atoms with Gasteiger partial charge in [-0.1, -0.05) is 23.7 Å². The van der Waals surface area contributed by atoms with E-state index in [-0.39, 0.29) is 22.7 Å². The number of fused-ring (bicyclic) bond motifs is 1. The Kier molecular flexibility index (Phi) is 4.89. The van der Waals surface area contributed by atoms with Crippen LogP contribution in [0.2, 0.25) is 5.02 Å². The molecule has 126 valence electrons. The number of benzene rings is 1. The smallest absolute Gasteiger partial charge is 0.363 e. The number of rotatable bonds is 4. The van der Waals surface area contributed by atoms with E-state index < -0.39 is 5.51 Å². The van der Waals surface area contributed by atoms with E-state index in [2.05, 4.69) is 15.3 Å². The molecule has 0 fully saturated rings. The van der Waals surface area contributed by atoms with Crippen LogP contribution in [0.4, 0.5) is 19.0 Å². The van der Waals surface area contributed by atoms with Gasteiger partial charge in [0.15, 0.2) is 0 Å². The van der Waals surface area contributed by atoms with Gasteiger partial charge in [-0.3, -0.25) is 0 Å². The molecule has 0 aliphatic heterocycles. The zero-order valence-corrected chi connectivity index (χ0v) is 14.7. The van der Waals surface area contributed by atoms with Gasteiger partial charge in [0.1, 0.15) is 17.0 Å². The van der Waals surface area contributed by atoms with E-state index in [1.807, 2.05) is 6.92 Å². The highest BCUT2D eigenvalue weighted by Gasteiger charge is 2.29. The van der Waals surface area contributed by atoms with Gasteiger partial charge < -0.3 is 5.32 Å². The highest BCUT2D eigenvalue weighted by Crippen LogP contribution is 2.37. The lowest BCUT2D eigenvalue weighted by Crippen LogP contribution is -2.08. The number of thioether (sulfide) groups is 1. The van der Waals surface area contributed by atoms with Gasteiger partial charge in [0.25, 0.3) is 0 Å². The zero-order valence-electron chi connectivity index (χ0n) is 12.3. The molecule has 3 rings (SSSR count). The molecule has 1 N–H and O–H groups in total. The Morgan fingerprint density at radius 1 is 1.21 bits per heavy atom. The first-order chi connectivity index (χ1) is 11.3. The Morgan fingerprint density at radius 3 is 2.58 bits per heavy atom. The second-order valence-electron chi connectivity index (χ2n) is 4.97. The third-order valence-electron chi connectivity index (χ3n) is 3.29. The number of nitrogens with one attached hydrogen (secondary N) is 1. The van der Waals surface area contributed by atoms with Crippen molar-refractivity contribution in [1.29, 1.82) is 0 Å². The van der Waals surface area contributed by atoms with Gasteiger partial charge in [-0.25, -0.2) is 9.97 Å². The molecule has 0 saturated heterocycles. The van der Waals surface area contributed by atoms with Crippen LogP contribution in [-0.4, -0.2) is 15.5 Å². The Morgan fingerprint density at radius 2 is 1.92 bits per heavy atom. The summed E-state index contributed by atoms with van der Waals surface area (Å²) in [5.41, 5.74) is -3.44. The molecule has 2 aromatic heterocycles. The van der Waals surface area contributed by atoms with Crippen LogP contribution in [0.1, 0.15) is 18.5 Å². The summed E-state index contributed by atoms with van der Waals surface area (Å²) in [6, 6.07) is 6.10. The molecule has 0 spiro atoms. The quantitative estimate of drug-likeness (QED) is 0.544. The highest BCUT2D eigenvalue weighted by molar-refractivity contribution is 8.00. The number of aromatic nitrogens is 2. The average molecular weight is 390 g/mol. The molecular formula is C15H11ClF3N3S2. The lowest BCUT2D eigenvalue weighted by Gasteiger charge is -2.16. The first-order valence-corrected chi connectivity index (χ1v) is 8.91. The number of anilines is 1. The molecule has 1 atom stereocenters. The molecule has 1 unspecified atom stereocenters. The van der Waals surface area contributed by atoms with Crippen LogP contribution in [0.25, 0.3) is 10.2 Å². The van der Waals surface area contributed by atoms with Crippen LogP contribution >= 0.6 is 34.7 Å². The Hall–Kier alpha value is -1.51. The number of hydrogen-bond donors (Lipinski definition) is 1. The lowest BCUT2D eigenvalue weighted by molar-refractivity contribution is -0.0328. The van der Waals surface area contributed by atoms with Crippen LogP contribution in [-0.2, 0) is 0 Å². The van der Waals surface area contributed by atoms with E-state index in [4.69, 9.17) is 11.6 Å². The predicted molar refractivity (Wildman–Crippen MR) is 92.8 cm³/mol. The summed E-state index contributed by atoms with van der Waals surface area (Å²) >= 11 is 7.47. The maximum absolute atomic E-state index is 12.4. The summed E-state index contributed by atoms with van der Waals surface area (Å²) in [6.07, 6.45) is 1.45. The van der Waals surface area contributed by atoms with E-state index in [0.29, 0.717) is 10.8 Å². The maximum atomic E-state index is 12.4. The van der Waals surface area contributed by atoms with E-state index >= 15 is 0 Å².